The SMILES string of the molecule is CCC[C@]1(C)CC[C@H](F)[C@H](N(c2cnc(-c3ccc(-c4cnnc(SC)c4)cc3O)nn2)C2CC2)C1. The van der Waals surface area contributed by atoms with Crippen molar-refractivity contribution < 1.29 is 9.50 Å². The predicted octanol–water partition coefficient (Wildman–Crippen LogP) is 6.09. The highest BCUT2D eigenvalue weighted by molar-refractivity contribution is 7.98. The molecule has 2 aliphatic rings. The third kappa shape index (κ3) is 5.16. The summed E-state index contributed by atoms with van der Waals surface area (Å²) in [5, 5.41) is 28.5. The Labute approximate surface area is 216 Å². The fourth-order valence-electron chi connectivity index (χ4n) is 5.51. The van der Waals surface area contributed by atoms with Crippen LogP contribution in [0.3, 0.4) is 0 Å². The molecule has 0 saturated heterocycles. The number of hydrogen-bond acceptors (Lipinski definition) is 8. The van der Waals surface area contributed by atoms with E-state index in [0.29, 0.717) is 29.7 Å². The number of rotatable bonds is 8. The van der Waals surface area contributed by atoms with Crippen molar-refractivity contribution in [2.24, 2.45) is 5.41 Å². The molecular weight excluding hydrogens is 475 g/mol. The summed E-state index contributed by atoms with van der Waals surface area (Å²) in [6.45, 7) is 4.50. The molecule has 3 aromatic rings. The fourth-order valence-corrected chi connectivity index (χ4v) is 5.89. The lowest BCUT2D eigenvalue weighted by atomic mass is 9.70. The van der Waals surface area contributed by atoms with Crippen LogP contribution in [0.5, 0.6) is 5.75 Å². The largest absolute Gasteiger partial charge is 0.507 e. The van der Waals surface area contributed by atoms with E-state index in [0.717, 1.165) is 54.7 Å². The van der Waals surface area contributed by atoms with Crippen LogP contribution in [0.4, 0.5) is 10.2 Å². The number of thioether (sulfide) groups is 1. The van der Waals surface area contributed by atoms with Crippen LogP contribution in [0.15, 0.2) is 41.7 Å². The van der Waals surface area contributed by atoms with Gasteiger partial charge in [0.25, 0.3) is 0 Å². The Balaban J connectivity index is 1.39. The third-order valence-electron chi connectivity index (χ3n) is 7.52. The molecule has 0 radical (unpaired) electrons. The minimum absolute atomic E-state index is 0.0649. The number of alkyl halides is 1. The molecule has 2 fully saturated rings. The molecule has 0 unspecified atom stereocenters. The molecule has 1 N–H and O–H groups in total. The van der Waals surface area contributed by atoms with Gasteiger partial charge in [-0.2, -0.15) is 5.10 Å². The lowest BCUT2D eigenvalue weighted by Crippen LogP contribution is -2.50. The first-order valence-corrected chi connectivity index (χ1v) is 14.0. The number of halogens is 1. The Morgan fingerprint density at radius 3 is 2.61 bits per heavy atom. The average Bonchev–Trinajstić information content (AvgIpc) is 3.72. The Kier molecular flexibility index (Phi) is 7.10. The summed E-state index contributed by atoms with van der Waals surface area (Å²) in [5.74, 6) is 1.03. The van der Waals surface area contributed by atoms with Crippen molar-refractivity contribution in [2.45, 2.75) is 82.1 Å². The molecule has 2 saturated carbocycles. The van der Waals surface area contributed by atoms with E-state index in [4.69, 9.17) is 0 Å². The van der Waals surface area contributed by atoms with Gasteiger partial charge < -0.3 is 10.0 Å². The van der Waals surface area contributed by atoms with Crippen molar-refractivity contribution in [1.82, 2.24) is 25.4 Å². The molecule has 0 amide bonds. The van der Waals surface area contributed by atoms with E-state index in [1.54, 1.807) is 24.5 Å². The molecule has 0 spiro atoms. The van der Waals surface area contributed by atoms with Gasteiger partial charge in [0, 0.05) is 11.6 Å². The van der Waals surface area contributed by atoms with Crippen molar-refractivity contribution in [3.05, 3.63) is 36.7 Å². The second-order valence-electron chi connectivity index (χ2n) is 10.4. The highest BCUT2D eigenvalue weighted by atomic mass is 32.2. The fraction of sp³-hybridized carbons (Fsp3) is 0.519. The van der Waals surface area contributed by atoms with Gasteiger partial charge in [-0.15, -0.1) is 27.1 Å². The van der Waals surface area contributed by atoms with Crippen LogP contribution in [0, 0.1) is 5.41 Å². The normalized spacial score (nSPS) is 24.0. The third-order valence-corrected chi connectivity index (χ3v) is 8.14. The minimum Gasteiger partial charge on any atom is -0.507 e. The van der Waals surface area contributed by atoms with Crippen LogP contribution < -0.4 is 4.90 Å². The quantitative estimate of drug-likeness (QED) is 0.366. The van der Waals surface area contributed by atoms with Gasteiger partial charge in [0.1, 0.15) is 16.9 Å². The molecule has 190 valence electrons. The van der Waals surface area contributed by atoms with Crippen LogP contribution in [0.25, 0.3) is 22.5 Å². The highest BCUT2D eigenvalue weighted by Crippen LogP contribution is 2.46. The van der Waals surface area contributed by atoms with Crippen molar-refractivity contribution >= 4 is 17.6 Å². The van der Waals surface area contributed by atoms with Gasteiger partial charge in [-0.3, -0.25) is 0 Å². The molecule has 2 aromatic heterocycles. The molecule has 1 aromatic carbocycles. The maximum atomic E-state index is 15.2. The number of phenols is 1. The zero-order valence-corrected chi connectivity index (χ0v) is 21.9. The maximum absolute atomic E-state index is 15.2. The van der Waals surface area contributed by atoms with E-state index in [-0.39, 0.29) is 17.2 Å². The standard InChI is InChI=1S/C27H33FN6OS/c1-4-10-27(2)11-9-21(28)22(14-27)34(19-6-7-19)24-16-29-26(33-31-24)20-8-5-17(12-23(20)35)18-13-25(36-3)32-30-15-18/h5,8,12-13,15-16,19,21-22,35H,4,6-7,9-11,14H2,1-3H3/t21-,22+,27+/m0/s1. The Hall–Kier alpha value is -2.81. The number of aromatic hydroxyl groups is 1. The molecule has 3 atom stereocenters. The van der Waals surface area contributed by atoms with Gasteiger partial charge in [0.05, 0.1) is 24.0 Å². The lowest BCUT2D eigenvalue weighted by Gasteiger charge is -2.45. The van der Waals surface area contributed by atoms with E-state index < -0.39 is 6.17 Å². The second kappa shape index (κ2) is 10.3. The molecule has 0 aliphatic heterocycles. The number of benzene rings is 1. The van der Waals surface area contributed by atoms with Gasteiger partial charge >= 0.3 is 0 Å². The summed E-state index contributed by atoms with van der Waals surface area (Å²) < 4.78 is 15.2. The van der Waals surface area contributed by atoms with Crippen molar-refractivity contribution in [2.75, 3.05) is 11.2 Å². The number of aromatic nitrogens is 5. The van der Waals surface area contributed by atoms with Crippen LogP contribution in [0.1, 0.15) is 58.8 Å². The van der Waals surface area contributed by atoms with Gasteiger partial charge in [0.2, 0.25) is 0 Å². The lowest BCUT2D eigenvalue weighted by molar-refractivity contribution is 0.0994. The summed E-state index contributed by atoms with van der Waals surface area (Å²) in [5.41, 5.74) is 2.35. The molecular formula is C27H33FN6OS. The maximum Gasteiger partial charge on any atom is 0.185 e. The minimum atomic E-state index is -0.872. The Bertz CT molecular complexity index is 1210. The summed E-state index contributed by atoms with van der Waals surface area (Å²) in [4.78, 5) is 6.68. The van der Waals surface area contributed by atoms with E-state index >= 15 is 4.39 Å². The van der Waals surface area contributed by atoms with Gasteiger partial charge in [-0.25, -0.2) is 9.37 Å². The second-order valence-corrected chi connectivity index (χ2v) is 11.2. The van der Waals surface area contributed by atoms with E-state index in [1.165, 1.54) is 11.8 Å². The van der Waals surface area contributed by atoms with Crippen molar-refractivity contribution in [3.63, 3.8) is 0 Å². The molecule has 36 heavy (non-hydrogen) atoms. The van der Waals surface area contributed by atoms with Crippen LogP contribution in [0.2, 0.25) is 0 Å². The Morgan fingerprint density at radius 2 is 1.94 bits per heavy atom. The van der Waals surface area contributed by atoms with Crippen LogP contribution in [-0.2, 0) is 0 Å². The summed E-state index contributed by atoms with van der Waals surface area (Å²) >= 11 is 1.51. The van der Waals surface area contributed by atoms with Gasteiger partial charge in [-0.1, -0.05) is 26.3 Å². The van der Waals surface area contributed by atoms with Crippen LogP contribution in [-0.4, -0.2) is 55.0 Å². The Morgan fingerprint density at radius 1 is 1.11 bits per heavy atom. The molecule has 2 heterocycles. The summed E-state index contributed by atoms with van der Waals surface area (Å²) in [7, 11) is 0. The zero-order chi connectivity index (χ0) is 25.3. The highest BCUT2D eigenvalue weighted by Gasteiger charge is 2.45. The average molecular weight is 509 g/mol. The number of nitrogens with zero attached hydrogens (tertiary/aromatic N) is 6. The molecule has 7 nitrogen and oxygen atoms in total. The van der Waals surface area contributed by atoms with Crippen molar-refractivity contribution in [1.29, 1.82) is 0 Å². The van der Waals surface area contributed by atoms with E-state index in [9.17, 15) is 5.11 Å². The smallest absolute Gasteiger partial charge is 0.185 e. The molecule has 9 heteroatoms. The summed E-state index contributed by atoms with van der Waals surface area (Å²) in [6, 6.07) is 7.39. The predicted molar refractivity (Wildman–Crippen MR) is 141 cm³/mol. The number of phenolic OH excluding ortho intramolecular Hbond substituents is 1. The van der Waals surface area contributed by atoms with Gasteiger partial charge in [-0.05, 0) is 74.0 Å². The van der Waals surface area contributed by atoms with Gasteiger partial charge in [0.15, 0.2) is 11.6 Å². The topological polar surface area (TPSA) is 87.9 Å². The van der Waals surface area contributed by atoms with E-state index in [2.05, 4.69) is 44.1 Å². The monoisotopic (exact) mass is 508 g/mol. The number of anilines is 1. The molecule has 5 rings (SSSR count). The summed E-state index contributed by atoms with van der Waals surface area (Å²) in [6.07, 6.45) is 11.1. The molecule has 2 aliphatic carbocycles. The van der Waals surface area contributed by atoms with Crippen molar-refractivity contribution in [3.8, 4) is 28.3 Å². The first-order valence-electron chi connectivity index (χ1n) is 12.7. The molecule has 0 bridgehead atoms. The number of hydrogen-bond donors (Lipinski definition) is 1. The van der Waals surface area contributed by atoms with Crippen LogP contribution >= 0.6 is 11.8 Å². The zero-order valence-electron chi connectivity index (χ0n) is 21.1. The van der Waals surface area contributed by atoms with E-state index in [1.807, 2.05) is 18.4 Å². The first kappa shape index (κ1) is 24.9. The first-order chi connectivity index (χ1) is 17.4.